The highest BCUT2D eigenvalue weighted by atomic mass is 16.5. The van der Waals surface area contributed by atoms with Crippen molar-refractivity contribution in [2.45, 2.75) is 6.92 Å². The first-order valence-corrected chi connectivity index (χ1v) is 6.43. The summed E-state index contributed by atoms with van der Waals surface area (Å²) in [6.45, 7) is 2.46. The number of hydrogen-bond donors (Lipinski definition) is 1. The first kappa shape index (κ1) is 13.2. The molecule has 1 aliphatic rings. The fourth-order valence-electron chi connectivity index (χ4n) is 2.04. The topological polar surface area (TPSA) is 101 Å². The van der Waals surface area contributed by atoms with Crippen LogP contribution in [-0.2, 0) is 4.79 Å². The lowest BCUT2D eigenvalue weighted by Gasteiger charge is -2.37. The standard InChI is InChI=1S/C13H13N5O3/c1-8-4-11(17-21-8)16-12(19)9-6-18(7-9)13(20)10-5-14-2-3-15-10/h2-5,9H,6-7H2,1H3,(H,16,17,19). The summed E-state index contributed by atoms with van der Waals surface area (Å²) in [4.78, 5) is 33.3. The monoisotopic (exact) mass is 287 g/mol. The molecular weight excluding hydrogens is 274 g/mol. The van der Waals surface area contributed by atoms with Crippen molar-refractivity contribution in [3.63, 3.8) is 0 Å². The number of hydrogen-bond acceptors (Lipinski definition) is 6. The van der Waals surface area contributed by atoms with Crippen LogP contribution in [0.5, 0.6) is 0 Å². The highest BCUT2D eigenvalue weighted by molar-refractivity contribution is 5.97. The molecule has 8 nitrogen and oxygen atoms in total. The highest BCUT2D eigenvalue weighted by Crippen LogP contribution is 2.19. The van der Waals surface area contributed by atoms with Crippen LogP contribution in [-0.4, -0.2) is 44.9 Å². The van der Waals surface area contributed by atoms with Crippen LogP contribution in [0.1, 0.15) is 16.2 Å². The van der Waals surface area contributed by atoms with Gasteiger partial charge in [-0.05, 0) is 6.92 Å². The molecule has 1 aliphatic heterocycles. The van der Waals surface area contributed by atoms with Gasteiger partial charge in [0, 0.05) is 31.5 Å². The molecule has 0 aromatic carbocycles. The van der Waals surface area contributed by atoms with E-state index in [9.17, 15) is 9.59 Å². The van der Waals surface area contributed by atoms with Crippen LogP contribution >= 0.6 is 0 Å². The minimum atomic E-state index is -0.248. The van der Waals surface area contributed by atoms with Gasteiger partial charge in [-0.1, -0.05) is 5.16 Å². The van der Waals surface area contributed by atoms with Gasteiger partial charge in [0.2, 0.25) is 5.91 Å². The number of aromatic nitrogens is 3. The maximum Gasteiger partial charge on any atom is 0.274 e. The Labute approximate surface area is 120 Å². The van der Waals surface area contributed by atoms with E-state index in [-0.39, 0.29) is 23.4 Å². The Bertz CT molecular complexity index is 663. The number of carbonyl (C=O) groups excluding carboxylic acids is 2. The molecule has 1 saturated heterocycles. The third-order valence-electron chi connectivity index (χ3n) is 3.20. The summed E-state index contributed by atoms with van der Waals surface area (Å²) in [7, 11) is 0. The molecule has 3 heterocycles. The molecule has 8 heteroatoms. The van der Waals surface area contributed by atoms with Crippen LogP contribution in [0.3, 0.4) is 0 Å². The maximum absolute atomic E-state index is 12.0. The zero-order chi connectivity index (χ0) is 14.8. The molecule has 21 heavy (non-hydrogen) atoms. The van der Waals surface area contributed by atoms with Gasteiger partial charge in [-0.25, -0.2) is 4.98 Å². The van der Waals surface area contributed by atoms with E-state index in [4.69, 9.17) is 4.52 Å². The lowest BCUT2D eigenvalue weighted by atomic mass is 9.98. The number of aryl methyl sites for hydroxylation is 1. The second-order valence-electron chi connectivity index (χ2n) is 4.81. The Hall–Kier alpha value is -2.77. The van der Waals surface area contributed by atoms with Gasteiger partial charge in [-0.15, -0.1) is 0 Å². The smallest absolute Gasteiger partial charge is 0.274 e. The zero-order valence-corrected chi connectivity index (χ0v) is 11.3. The molecule has 108 valence electrons. The van der Waals surface area contributed by atoms with E-state index in [1.54, 1.807) is 17.9 Å². The molecule has 0 bridgehead atoms. The Kier molecular flexibility index (Phi) is 3.35. The summed E-state index contributed by atoms with van der Waals surface area (Å²) in [5.41, 5.74) is 0.281. The summed E-state index contributed by atoms with van der Waals surface area (Å²) in [6, 6.07) is 1.64. The second kappa shape index (κ2) is 5.31. The van der Waals surface area contributed by atoms with Crippen LogP contribution in [0.15, 0.2) is 29.2 Å². The van der Waals surface area contributed by atoms with Crippen LogP contribution in [0.2, 0.25) is 0 Å². The Morgan fingerprint density at radius 2 is 2.19 bits per heavy atom. The molecule has 0 saturated carbocycles. The van der Waals surface area contributed by atoms with E-state index in [0.29, 0.717) is 24.7 Å². The minimum absolute atomic E-state index is 0.175. The molecule has 3 rings (SSSR count). The van der Waals surface area contributed by atoms with Crippen LogP contribution in [0.25, 0.3) is 0 Å². The number of likely N-dealkylation sites (tertiary alicyclic amines) is 1. The predicted octanol–water partition coefficient (Wildman–Crippen LogP) is 0.484. The van der Waals surface area contributed by atoms with Gasteiger partial charge in [0.25, 0.3) is 5.91 Å². The molecular formula is C13H13N5O3. The number of nitrogens with one attached hydrogen (secondary N) is 1. The molecule has 2 aromatic heterocycles. The summed E-state index contributed by atoms with van der Waals surface area (Å²) in [5, 5.41) is 6.35. The van der Waals surface area contributed by atoms with Crippen molar-refractivity contribution in [2.24, 2.45) is 5.92 Å². The first-order valence-electron chi connectivity index (χ1n) is 6.43. The van der Waals surface area contributed by atoms with Crippen molar-refractivity contribution < 1.29 is 14.1 Å². The summed E-state index contributed by atoms with van der Waals surface area (Å²) in [6.07, 6.45) is 4.38. The number of rotatable bonds is 3. The van der Waals surface area contributed by atoms with Crippen LogP contribution in [0.4, 0.5) is 5.82 Å². The fraction of sp³-hybridized carbons (Fsp3) is 0.308. The molecule has 0 radical (unpaired) electrons. The van der Waals surface area contributed by atoms with Gasteiger partial charge in [0.05, 0.1) is 12.1 Å². The number of carbonyl (C=O) groups is 2. The molecule has 0 spiro atoms. The molecule has 2 aromatic rings. The molecule has 0 aliphatic carbocycles. The summed E-state index contributed by atoms with van der Waals surface area (Å²) >= 11 is 0. The molecule has 1 fully saturated rings. The van der Waals surface area contributed by atoms with Gasteiger partial charge in [0.1, 0.15) is 11.5 Å². The summed E-state index contributed by atoms with van der Waals surface area (Å²) in [5.74, 6) is 0.369. The highest BCUT2D eigenvalue weighted by Gasteiger charge is 2.36. The van der Waals surface area contributed by atoms with Gasteiger partial charge in [-0.2, -0.15) is 0 Å². The average molecular weight is 287 g/mol. The first-order chi connectivity index (χ1) is 10.1. The lowest BCUT2D eigenvalue weighted by Crippen LogP contribution is -2.54. The third kappa shape index (κ3) is 2.73. The Morgan fingerprint density at radius 3 is 2.81 bits per heavy atom. The summed E-state index contributed by atoms with van der Waals surface area (Å²) < 4.78 is 4.87. The van der Waals surface area contributed by atoms with Crippen molar-refractivity contribution in [1.29, 1.82) is 0 Å². The number of amides is 2. The van der Waals surface area contributed by atoms with Crippen molar-refractivity contribution in [3.8, 4) is 0 Å². The molecule has 2 amide bonds. The second-order valence-corrected chi connectivity index (χ2v) is 4.81. The minimum Gasteiger partial charge on any atom is -0.360 e. The van der Waals surface area contributed by atoms with E-state index in [2.05, 4.69) is 20.4 Å². The Morgan fingerprint density at radius 1 is 1.38 bits per heavy atom. The van der Waals surface area contributed by atoms with E-state index in [1.165, 1.54) is 18.6 Å². The van der Waals surface area contributed by atoms with E-state index in [1.807, 2.05) is 0 Å². The molecule has 0 atom stereocenters. The van der Waals surface area contributed by atoms with Gasteiger partial charge < -0.3 is 14.7 Å². The Balaban J connectivity index is 1.53. The third-order valence-corrected chi connectivity index (χ3v) is 3.20. The molecule has 1 N–H and O–H groups in total. The number of nitrogens with zero attached hydrogens (tertiary/aromatic N) is 4. The lowest BCUT2D eigenvalue weighted by molar-refractivity contribution is -0.123. The van der Waals surface area contributed by atoms with E-state index in [0.717, 1.165) is 0 Å². The van der Waals surface area contributed by atoms with Gasteiger partial charge in [0.15, 0.2) is 5.82 Å². The SMILES string of the molecule is Cc1cc(NC(=O)C2CN(C(=O)c3cnccn3)C2)no1. The average Bonchev–Trinajstić information content (AvgIpc) is 2.83. The largest absolute Gasteiger partial charge is 0.360 e. The van der Waals surface area contributed by atoms with Crippen molar-refractivity contribution >= 4 is 17.6 Å². The van der Waals surface area contributed by atoms with Gasteiger partial charge in [-0.3, -0.25) is 14.6 Å². The van der Waals surface area contributed by atoms with Crippen molar-refractivity contribution in [1.82, 2.24) is 20.0 Å². The zero-order valence-electron chi connectivity index (χ0n) is 11.3. The van der Waals surface area contributed by atoms with E-state index >= 15 is 0 Å². The number of anilines is 1. The van der Waals surface area contributed by atoms with Crippen LogP contribution in [0, 0.1) is 12.8 Å². The van der Waals surface area contributed by atoms with Crippen molar-refractivity contribution in [2.75, 3.05) is 18.4 Å². The van der Waals surface area contributed by atoms with Crippen molar-refractivity contribution in [3.05, 3.63) is 36.1 Å². The van der Waals surface area contributed by atoms with E-state index < -0.39 is 0 Å². The fourth-order valence-corrected chi connectivity index (χ4v) is 2.04. The van der Waals surface area contributed by atoms with Crippen LogP contribution < -0.4 is 5.32 Å². The molecule has 0 unspecified atom stereocenters. The quantitative estimate of drug-likeness (QED) is 0.881. The predicted molar refractivity (Wildman–Crippen MR) is 71.3 cm³/mol. The van der Waals surface area contributed by atoms with Gasteiger partial charge >= 0.3 is 0 Å². The normalized spacial score (nSPS) is 14.6. The maximum atomic E-state index is 12.0.